The van der Waals surface area contributed by atoms with Gasteiger partial charge >= 0.3 is 0 Å². The summed E-state index contributed by atoms with van der Waals surface area (Å²) in [6.45, 7) is 12.4. The minimum Gasteiger partial charge on any atom is -0.103 e. The number of hydrogen-bond acceptors (Lipinski definition) is 0. The third-order valence-corrected chi connectivity index (χ3v) is 3.40. The molecule has 2 heteroatoms. The molecule has 0 heterocycles. The Kier molecular flexibility index (Phi) is 5.07. The van der Waals surface area contributed by atoms with Gasteiger partial charge in [-0.2, -0.15) is 0 Å². The molecular weight excluding hydrogens is 214 g/mol. The summed E-state index contributed by atoms with van der Waals surface area (Å²) < 4.78 is 0. The smallest absolute Gasteiger partial charge is 0.103 e. The lowest BCUT2D eigenvalue weighted by molar-refractivity contribution is 0.951. The molecule has 94 valence electrons. The third-order valence-electron chi connectivity index (χ3n) is 3.40. The predicted octanol–water partition coefficient (Wildman–Crippen LogP) is 2.67. The first-order valence-electron chi connectivity index (χ1n) is 6.82. The quantitative estimate of drug-likeness (QED) is 0.527. The van der Waals surface area contributed by atoms with Gasteiger partial charge in [0, 0.05) is 0 Å². The van der Waals surface area contributed by atoms with Crippen LogP contribution in [0.4, 0.5) is 0 Å². The van der Waals surface area contributed by atoms with Crippen LogP contribution in [-0.2, 0) is 11.6 Å². The maximum atomic E-state index is 4.21. The minimum absolute atomic E-state index is 0.194. The molecule has 0 saturated heterocycles. The van der Waals surface area contributed by atoms with Gasteiger partial charge in [0.25, 0.3) is 0 Å². The molecule has 0 amide bonds. The Morgan fingerprint density at radius 1 is 1.39 bits per heavy atom. The van der Waals surface area contributed by atoms with E-state index in [1.165, 1.54) is 22.3 Å². The lowest BCUT2D eigenvalue weighted by Crippen LogP contribution is -2.22. The van der Waals surface area contributed by atoms with Crippen LogP contribution in [0.5, 0.6) is 0 Å². The normalized spacial score (nSPS) is 11.2. The van der Waals surface area contributed by atoms with Crippen molar-refractivity contribution in [2.24, 2.45) is 0 Å². The lowest BCUT2D eigenvalue weighted by atomic mass is 9.52. The van der Waals surface area contributed by atoms with E-state index >= 15 is 0 Å². The fourth-order valence-corrected chi connectivity index (χ4v) is 2.04. The summed E-state index contributed by atoms with van der Waals surface area (Å²) in [6.07, 6.45) is 5.08. The SMILES string of the molecule is BC(B)(C)c1ccc(CCC=C)c(C(=C)CC)c1. The number of hydrogen-bond donors (Lipinski definition) is 0. The van der Waals surface area contributed by atoms with Crippen molar-refractivity contribution in [1.82, 2.24) is 0 Å². The van der Waals surface area contributed by atoms with Gasteiger partial charge in [-0.3, -0.25) is 0 Å². The number of allylic oxidation sites excluding steroid dienone is 2. The molecule has 0 aromatic heterocycles. The summed E-state index contributed by atoms with van der Waals surface area (Å²) in [4.78, 5) is 0. The Bertz CT molecular complexity index is 439. The molecule has 0 bridgehead atoms. The fraction of sp³-hybridized carbons (Fsp3) is 0.375. The second kappa shape index (κ2) is 6.13. The molecule has 0 nitrogen and oxygen atoms in total. The Morgan fingerprint density at radius 2 is 2.06 bits per heavy atom. The molecule has 0 atom stereocenters. The standard InChI is InChI=1S/C16H24B2/c1-5-7-8-13-9-10-14(16(4,17)18)11-15(13)12(3)6-2/h5,9-11H,1,3,6-8,17-18H2,2,4H3. The van der Waals surface area contributed by atoms with Crippen LogP contribution < -0.4 is 0 Å². The molecule has 0 aliphatic rings. The molecule has 0 spiro atoms. The highest BCUT2D eigenvalue weighted by atomic mass is 14.1. The van der Waals surface area contributed by atoms with Crippen LogP contribution >= 0.6 is 0 Å². The van der Waals surface area contributed by atoms with Gasteiger partial charge in [-0.15, -0.1) is 6.58 Å². The van der Waals surface area contributed by atoms with Crippen molar-refractivity contribution < 1.29 is 0 Å². The zero-order chi connectivity index (χ0) is 13.8. The van der Waals surface area contributed by atoms with Gasteiger partial charge in [0.05, 0.1) is 0 Å². The summed E-state index contributed by atoms with van der Waals surface area (Å²) in [5.41, 5.74) is 5.36. The van der Waals surface area contributed by atoms with E-state index in [1.54, 1.807) is 0 Å². The van der Waals surface area contributed by atoms with Crippen LogP contribution in [0.1, 0.15) is 43.4 Å². The van der Waals surface area contributed by atoms with Crippen LogP contribution in [-0.4, -0.2) is 15.7 Å². The van der Waals surface area contributed by atoms with Crippen molar-refractivity contribution in [3.05, 3.63) is 54.1 Å². The van der Waals surface area contributed by atoms with Crippen molar-refractivity contribution in [1.29, 1.82) is 0 Å². The van der Waals surface area contributed by atoms with E-state index < -0.39 is 0 Å². The number of rotatable bonds is 6. The fourth-order valence-electron chi connectivity index (χ4n) is 2.04. The Labute approximate surface area is 114 Å². The monoisotopic (exact) mass is 238 g/mol. The number of aryl methyl sites for hydroxylation is 1. The summed E-state index contributed by atoms with van der Waals surface area (Å²) in [5, 5.41) is 0.194. The van der Waals surface area contributed by atoms with Crippen LogP contribution in [0.3, 0.4) is 0 Å². The molecule has 0 aliphatic carbocycles. The zero-order valence-electron chi connectivity index (χ0n) is 12.3. The molecule has 0 N–H and O–H groups in total. The van der Waals surface area contributed by atoms with E-state index in [-0.39, 0.29) is 5.21 Å². The zero-order valence-corrected chi connectivity index (χ0v) is 12.3. The first-order valence-corrected chi connectivity index (χ1v) is 6.82. The van der Waals surface area contributed by atoms with E-state index in [4.69, 9.17) is 0 Å². The van der Waals surface area contributed by atoms with E-state index in [2.05, 4.69) is 60.9 Å². The Balaban J connectivity index is 3.20. The highest BCUT2D eigenvalue weighted by Crippen LogP contribution is 2.27. The van der Waals surface area contributed by atoms with Crippen molar-refractivity contribution in [3.63, 3.8) is 0 Å². The molecule has 1 aromatic carbocycles. The largest absolute Gasteiger partial charge is 0.104 e. The summed E-state index contributed by atoms with van der Waals surface area (Å²) in [5.74, 6) is 0. The van der Waals surface area contributed by atoms with E-state index in [0.717, 1.165) is 19.3 Å². The van der Waals surface area contributed by atoms with E-state index in [0.29, 0.717) is 0 Å². The summed E-state index contributed by atoms with van der Waals surface area (Å²) >= 11 is 0. The molecule has 1 rings (SSSR count). The Morgan fingerprint density at radius 3 is 2.56 bits per heavy atom. The van der Waals surface area contributed by atoms with Gasteiger partial charge in [-0.05, 0) is 36.0 Å². The summed E-state index contributed by atoms with van der Waals surface area (Å²) in [6, 6.07) is 6.84. The average molecular weight is 238 g/mol. The van der Waals surface area contributed by atoms with Crippen molar-refractivity contribution in [2.75, 3.05) is 0 Å². The molecular formula is C16H24B2. The average Bonchev–Trinajstić information content (AvgIpc) is 2.34. The molecule has 0 radical (unpaired) electrons. The minimum atomic E-state index is 0.194. The second-order valence-corrected chi connectivity index (χ2v) is 5.91. The van der Waals surface area contributed by atoms with E-state index in [1.807, 2.05) is 6.08 Å². The van der Waals surface area contributed by atoms with Crippen LogP contribution in [0, 0.1) is 0 Å². The topological polar surface area (TPSA) is 0 Å². The summed E-state index contributed by atoms with van der Waals surface area (Å²) in [7, 11) is 4.51. The predicted molar refractivity (Wildman–Crippen MR) is 88.7 cm³/mol. The van der Waals surface area contributed by atoms with Crippen molar-refractivity contribution in [2.45, 2.75) is 38.3 Å². The first-order chi connectivity index (χ1) is 8.40. The third kappa shape index (κ3) is 3.66. The Hall–Kier alpha value is -1.17. The van der Waals surface area contributed by atoms with Gasteiger partial charge < -0.3 is 0 Å². The first kappa shape index (κ1) is 14.9. The van der Waals surface area contributed by atoms with Gasteiger partial charge in [-0.25, -0.2) is 0 Å². The second-order valence-electron chi connectivity index (χ2n) is 5.91. The van der Waals surface area contributed by atoms with Crippen LogP contribution in [0.25, 0.3) is 5.57 Å². The van der Waals surface area contributed by atoms with Gasteiger partial charge in [0.2, 0.25) is 0 Å². The molecule has 18 heavy (non-hydrogen) atoms. The van der Waals surface area contributed by atoms with Crippen LogP contribution in [0.2, 0.25) is 0 Å². The molecule has 0 aliphatic heterocycles. The van der Waals surface area contributed by atoms with Crippen molar-refractivity contribution >= 4 is 21.3 Å². The maximum Gasteiger partial charge on any atom is 0.104 e. The molecule has 0 saturated carbocycles. The highest BCUT2D eigenvalue weighted by molar-refractivity contribution is 6.39. The van der Waals surface area contributed by atoms with Gasteiger partial charge in [0.15, 0.2) is 0 Å². The molecule has 0 fully saturated rings. The van der Waals surface area contributed by atoms with Crippen molar-refractivity contribution in [3.8, 4) is 0 Å². The maximum absolute atomic E-state index is 4.21. The number of benzene rings is 1. The van der Waals surface area contributed by atoms with E-state index in [9.17, 15) is 0 Å². The lowest BCUT2D eigenvalue weighted by Gasteiger charge is -2.22. The molecule has 1 aromatic rings. The highest BCUT2D eigenvalue weighted by Gasteiger charge is 2.16. The van der Waals surface area contributed by atoms with Gasteiger partial charge in [-0.1, -0.05) is 55.5 Å². The molecule has 0 unspecified atom stereocenters. The van der Waals surface area contributed by atoms with Crippen LogP contribution in [0.15, 0.2) is 37.4 Å². The van der Waals surface area contributed by atoms with Gasteiger partial charge in [0.1, 0.15) is 15.7 Å².